The highest BCUT2D eigenvalue weighted by Gasteiger charge is 2.38. The molecule has 4 nitrogen and oxygen atoms in total. The SMILES string of the molecule is O=C(O)c1cccc(CCCNC(=O)C(F)(F)F)c1. The average molecular weight is 275 g/mol. The number of nitrogens with one attached hydrogen (secondary N) is 1. The number of benzene rings is 1. The molecular formula is C12H12F3NO3. The Labute approximate surface area is 107 Å². The monoisotopic (exact) mass is 275 g/mol. The van der Waals surface area contributed by atoms with Crippen LogP contribution in [-0.4, -0.2) is 29.7 Å². The van der Waals surface area contributed by atoms with Gasteiger partial charge in [-0.25, -0.2) is 4.79 Å². The third kappa shape index (κ3) is 4.99. The zero-order valence-corrected chi connectivity index (χ0v) is 9.83. The molecule has 1 aromatic carbocycles. The van der Waals surface area contributed by atoms with Gasteiger partial charge in [0.25, 0.3) is 0 Å². The van der Waals surface area contributed by atoms with E-state index in [0.29, 0.717) is 18.4 Å². The van der Waals surface area contributed by atoms with Gasteiger partial charge in [0.2, 0.25) is 0 Å². The van der Waals surface area contributed by atoms with Crippen LogP contribution in [0.4, 0.5) is 13.2 Å². The number of carbonyl (C=O) groups excluding carboxylic acids is 1. The van der Waals surface area contributed by atoms with Crippen LogP contribution in [-0.2, 0) is 11.2 Å². The maximum absolute atomic E-state index is 11.9. The first-order valence-electron chi connectivity index (χ1n) is 5.48. The molecule has 0 aromatic heterocycles. The van der Waals surface area contributed by atoms with Gasteiger partial charge < -0.3 is 10.4 Å². The number of carboxylic acid groups (broad SMARTS) is 1. The summed E-state index contributed by atoms with van der Waals surface area (Å²) >= 11 is 0. The lowest BCUT2D eigenvalue weighted by Gasteiger charge is -2.07. The molecular weight excluding hydrogens is 263 g/mol. The lowest BCUT2D eigenvalue weighted by molar-refractivity contribution is -0.173. The number of rotatable bonds is 5. The van der Waals surface area contributed by atoms with Crippen molar-refractivity contribution in [1.29, 1.82) is 0 Å². The van der Waals surface area contributed by atoms with Gasteiger partial charge in [-0.15, -0.1) is 0 Å². The van der Waals surface area contributed by atoms with Crippen LogP contribution < -0.4 is 5.32 Å². The lowest BCUT2D eigenvalue weighted by atomic mass is 10.1. The van der Waals surface area contributed by atoms with E-state index >= 15 is 0 Å². The molecule has 1 rings (SSSR count). The maximum atomic E-state index is 11.9. The molecule has 0 aliphatic rings. The standard InChI is InChI=1S/C12H12F3NO3/c13-12(14,15)11(19)16-6-2-4-8-3-1-5-9(7-8)10(17)18/h1,3,5,7H,2,4,6H2,(H,16,19)(H,17,18). The highest BCUT2D eigenvalue weighted by atomic mass is 19.4. The summed E-state index contributed by atoms with van der Waals surface area (Å²) in [5, 5.41) is 10.5. The molecule has 0 saturated carbocycles. The van der Waals surface area contributed by atoms with Gasteiger partial charge in [-0.2, -0.15) is 13.2 Å². The quantitative estimate of drug-likeness (QED) is 0.808. The number of hydrogen-bond acceptors (Lipinski definition) is 2. The first kappa shape index (κ1) is 15.0. The molecule has 19 heavy (non-hydrogen) atoms. The minimum Gasteiger partial charge on any atom is -0.478 e. The van der Waals surface area contributed by atoms with Crippen LogP contribution in [0.1, 0.15) is 22.3 Å². The molecule has 1 amide bonds. The van der Waals surface area contributed by atoms with Gasteiger partial charge in [0.1, 0.15) is 0 Å². The van der Waals surface area contributed by atoms with Crippen molar-refractivity contribution in [2.24, 2.45) is 0 Å². The molecule has 1 aromatic rings. The molecule has 0 bridgehead atoms. The van der Waals surface area contributed by atoms with Crippen LogP contribution in [0.2, 0.25) is 0 Å². The normalized spacial score (nSPS) is 11.1. The number of hydrogen-bond donors (Lipinski definition) is 2. The minimum absolute atomic E-state index is 0.115. The Morgan fingerprint density at radius 1 is 1.26 bits per heavy atom. The number of carbonyl (C=O) groups is 2. The van der Waals surface area contributed by atoms with Gasteiger partial charge in [0.05, 0.1) is 5.56 Å². The molecule has 0 fully saturated rings. The lowest BCUT2D eigenvalue weighted by Crippen LogP contribution is -2.37. The van der Waals surface area contributed by atoms with Crippen molar-refractivity contribution in [3.8, 4) is 0 Å². The van der Waals surface area contributed by atoms with Gasteiger partial charge >= 0.3 is 18.1 Å². The molecule has 104 valence electrons. The van der Waals surface area contributed by atoms with Crippen LogP contribution >= 0.6 is 0 Å². The summed E-state index contributed by atoms with van der Waals surface area (Å²) in [5.74, 6) is -3.03. The molecule has 2 N–H and O–H groups in total. The summed E-state index contributed by atoms with van der Waals surface area (Å²) in [6.45, 7) is -0.115. The molecule has 0 spiro atoms. The smallest absolute Gasteiger partial charge is 0.471 e. The number of carboxylic acids is 1. The highest BCUT2D eigenvalue weighted by molar-refractivity contribution is 5.87. The second-order valence-corrected chi connectivity index (χ2v) is 3.86. The first-order chi connectivity index (χ1) is 8.80. The third-order valence-electron chi connectivity index (χ3n) is 2.36. The van der Waals surface area contributed by atoms with Crippen LogP contribution in [0.25, 0.3) is 0 Å². The average Bonchev–Trinajstić information content (AvgIpc) is 2.33. The van der Waals surface area contributed by atoms with Crippen molar-refractivity contribution >= 4 is 11.9 Å². The zero-order chi connectivity index (χ0) is 14.5. The van der Waals surface area contributed by atoms with E-state index in [9.17, 15) is 22.8 Å². The minimum atomic E-state index is -4.87. The van der Waals surface area contributed by atoms with Crippen molar-refractivity contribution in [3.63, 3.8) is 0 Å². The third-order valence-corrected chi connectivity index (χ3v) is 2.36. The molecule has 0 heterocycles. The summed E-state index contributed by atoms with van der Waals surface area (Å²) in [4.78, 5) is 21.2. The fourth-order valence-electron chi connectivity index (χ4n) is 1.45. The number of alkyl halides is 3. The summed E-state index contributed by atoms with van der Waals surface area (Å²) in [7, 11) is 0. The number of aryl methyl sites for hydroxylation is 1. The van der Waals surface area contributed by atoms with Gasteiger partial charge in [-0.05, 0) is 30.5 Å². The molecule has 0 atom stereocenters. The molecule has 0 saturated heterocycles. The Kier molecular flexibility index (Phi) is 4.91. The van der Waals surface area contributed by atoms with Crippen molar-refractivity contribution in [2.45, 2.75) is 19.0 Å². The number of aromatic carboxylic acids is 1. The highest BCUT2D eigenvalue weighted by Crippen LogP contribution is 2.14. The van der Waals surface area contributed by atoms with Crippen molar-refractivity contribution in [1.82, 2.24) is 5.32 Å². The van der Waals surface area contributed by atoms with Crippen molar-refractivity contribution in [2.75, 3.05) is 6.54 Å². The molecule has 0 aliphatic heterocycles. The van der Waals surface area contributed by atoms with Crippen LogP contribution in [0, 0.1) is 0 Å². The van der Waals surface area contributed by atoms with Crippen LogP contribution in [0.3, 0.4) is 0 Å². The van der Waals surface area contributed by atoms with Crippen molar-refractivity contribution in [3.05, 3.63) is 35.4 Å². The number of halogens is 3. The predicted octanol–water partition coefficient (Wildman–Crippen LogP) is 2.00. The topological polar surface area (TPSA) is 66.4 Å². The van der Waals surface area contributed by atoms with E-state index < -0.39 is 18.1 Å². The summed E-state index contributed by atoms with van der Waals surface area (Å²) < 4.78 is 35.6. The second-order valence-electron chi connectivity index (χ2n) is 3.86. The van der Waals surface area contributed by atoms with Crippen molar-refractivity contribution < 1.29 is 27.9 Å². The summed E-state index contributed by atoms with van der Waals surface area (Å²) in [6, 6.07) is 6.12. The Morgan fingerprint density at radius 2 is 1.95 bits per heavy atom. The summed E-state index contributed by atoms with van der Waals surface area (Å²) in [6.07, 6.45) is -4.19. The van der Waals surface area contributed by atoms with Gasteiger partial charge in [0.15, 0.2) is 0 Å². The van der Waals surface area contributed by atoms with Gasteiger partial charge in [0, 0.05) is 6.54 Å². The first-order valence-corrected chi connectivity index (χ1v) is 5.48. The molecule has 0 aliphatic carbocycles. The zero-order valence-electron chi connectivity index (χ0n) is 9.83. The van der Waals surface area contributed by atoms with Crippen LogP contribution in [0.15, 0.2) is 24.3 Å². The largest absolute Gasteiger partial charge is 0.478 e. The maximum Gasteiger partial charge on any atom is 0.471 e. The Morgan fingerprint density at radius 3 is 2.53 bits per heavy atom. The van der Waals surface area contributed by atoms with Gasteiger partial charge in [-0.1, -0.05) is 12.1 Å². The van der Waals surface area contributed by atoms with Gasteiger partial charge in [-0.3, -0.25) is 4.79 Å². The van der Waals surface area contributed by atoms with E-state index in [4.69, 9.17) is 5.11 Å². The molecule has 0 radical (unpaired) electrons. The molecule has 7 heteroatoms. The van der Waals surface area contributed by atoms with E-state index in [0.717, 1.165) is 0 Å². The summed E-state index contributed by atoms with van der Waals surface area (Å²) in [5.41, 5.74) is 0.818. The van der Waals surface area contributed by atoms with E-state index in [2.05, 4.69) is 0 Å². The van der Waals surface area contributed by atoms with E-state index in [1.807, 2.05) is 0 Å². The second kappa shape index (κ2) is 6.21. The van der Waals surface area contributed by atoms with E-state index in [1.165, 1.54) is 12.1 Å². The fourth-order valence-corrected chi connectivity index (χ4v) is 1.45. The fraction of sp³-hybridized carbons (Fsp3) is 0.333. The Hall–Kier alpha value is -2.05. The number of amides is 1. The van der Waals surface area contributed by atoms with Crippen LogP contribution in [0.5, 0.6) is 0 Å². The Bertz CT molecular complexity index is 472. The van der Waals surface area contributed by atoms with E-state index in [1.54, 1.807) is 17.4 Å². The Balaban J connectivity index is 2.40. The molecule has 0 unspecified atom stereocenters. The predicted molar refractivity (Wildman–Crippen MR) is 60.8 cm³/mol. The van der Waals surface area contributed by atoms with E-state index in [-0.39, 0.29) is 12.1 Å².